The van der Waals surface area contributed by atoms with Gasteiger partial charge in [0.05, 0.1) is 0 Å². The average molecular weight is 272 g/mol. The lowest BCUT2D eigenvalue weighted by Gasteiger charge is -2.34. The lowest BCUT2D eigenvalue weighted by atomic mass is 9.95. The van der Waals surface area contributed by atoms with Crippen molar-refractivity contribution in [2.24, 2.45) is 16.8 Å². The van der Waals surface area contributed by atoms with E-state index in [1.54, 1.807) is 0 Å². The normalized spacial score (nSPS) is 20.7. The number of nitrogens with one attached hydrogen (secondary N) is 1. The van der Waals surface area contributed by atoms with Gasteiger partial charge in [0, 0.05) is 39.5 Å². The summed E-state index contributed by atoms with van der Waals surface area (Å²) in [5.41, 5.74) is 2.70. The van der Waals surface area contributed by atoms with E-state index in [0.29, 0.717) is 5.92 Å². The zero-order valence-corrected chi connectivity index (χ0v) is 12.0. The summed E-state index contributed by atoms with van der Waals surface area (Å²) >= 11 is 0. The highest BCUT2D eigenvalue weighted by Crippen LogP contribution is 2.19. The molecule has 1 unspecified atom stereocenters. The van der Waals surface area contributed by atoms with Crippen molar-refractivity contribution in [3.05, 3.63) is 0 Å². The number of piperidine rings is 1. The van der Waals surface area contributed by atoms with Crippen LogP contribution in [0, 0.1) is 5.92 Å². The Morgan fingerprint density at radius 2 is 2.42 bits per heavy atom. The molecule has 0 amide bonds. The molecule has 19 heavy (non-hydrogen) atoms. The van der Waals surface area contributed by atoms with Gasteiger partial charge in [-0.25, -0.2) is 5.84 Å². The number of hydrazine groups is 1. The zero-order chi connectivity index (χ0) is 13.9. The zero-order valence-electron chi connectivity index (χ0n) is 12.0. The molecule has 1 saturated heterocycles. The molecule has 0 bridgehead atoms. The summed E-state index contributed by atoms with van der Waals surface area (Å²) in [6.45, 7) is 6.37. The van der Waals surface area contributed by atoms with Crippen LogP contribution in [0.4, 0.5) is 0 Å². The Morgan fingerprint density at radius 3 is 3.11 bits per heavy atom. The molecular weight excluding hydrogens is 244 g/mol. The number of aliphatic hydroxyl groups is 1. The van der Waals surface area contributed by atoms with Gasteiger partial charge >= 0.3 is 0 Å². The van der Waals surface area contributed by atoms with Crippen LogP contribution in [-0.4, -0.2) is 55.4 Å². The number of aliphatic imine (C=N–C) groups is 1. The van der Waals surface area contributed by atoms with Gasteiger partial charge in [-0.3, -0.25) is 10.4 Å². The molecule has 0 radical (unpaired) electrons. The van der Waals surface area contributed by atoms with Crippen molar-refractivity contribution in [1.82, 2.24) is 10.3 Å². The molecule has 6 nitrogen and oxygen atoms in total. The molecular formula is C13H28N4O2. The number of guanidine groups is 1. The molecule has 1 atom stereocenters. The largest absolute Gasteiger partial charge is 0.396 e. The summed E-state index contributed by atoms with van der Waals surface area (Å²) in [7, 11) is 0. The number of hydrogen-bond acceptors (Lipinski definition) is 4. The first-order valence-corrected chi connectivity index (χ1v) is 7.26. The molecule has 1 fully saturated rings. The van der Waals surface area contributed by atoms with Gasteiger partial charge in [0.25, 0.3) is 0 Å². The summed E-state index contributed by atoms with van der Waals surface area (Å²) < 4.78 is 5.28. The fourth-order valence-corrected chi connectivity index (χ4v) is 2.41. The van der Waals surface area contributed by atoms with Gasteiger partial charge in [-0.2, -0.15) is 0 Å². The molecule has 4 N–H and O–H groups in total. The summed E-state index contributed by atoms with van der Waals surface area (Å²) in [5, 5.41) is 9.02. The Bertz CT molecular complexity index is 259. The minimum absolute atomic E-state index is 0.259. The van der Waals surface area contributed by atoms with E-state index in [4.69, 9.17) is 15.7 Å². The molecule has 1 aliphatic rings. The lowest BCUT2D eigenvalue weighted by Crippen LogP contribution is -2.49. The molecule has 112 valence electrons. The van der Waals surface area contributed by atoms with Crippen molar-refractivity contribution in [1.29, 1.82) is 0 Å². The first-order chi connectivity index (χ1) is 9.31. The van der Waals surface area contributed by atoms with Crippen LogP contribution in [0.5, 0.6) is 0 Å². The van der Waals surface area contributed by atoms with Crippen molar-refractivity contribution in [3.8, 4) is 0 Å². The molecule has 6 heteroatoms. The SMILES string of the molecule is CCOCCCN=C(NN)N1CCCC(CCO)C1. The Labute approximate surface area is 116 Å². The molecule has 0 aromatic heterocycles. The van der Waals surface area contributed by atoms with E-state index in [2.05, 4.69) is 15.3 Å². The van der Waals surface area contributed by atoms with Crippen molar-refractivity contribution < 1.29 is 9.84 Å². The van der Waals surface area contributed by atoms with Crippen LogP contribution in [0.3, 0.4) is 0 Å². The summed E-state index contributed by atoms with van der Waals surface area (Å²) in [6, 6.07) is 0. The van der Waals surface area contributed by atoms with E-state index >= 15 is 0 Å². The maximum atomic E-state index is 9.02. The van der Waals surface area contributed by atoms with Crippen LogP contribution >= 0.6 is 0 Å². The number of nitrogens with two attached hydrogens (primary N) is 1. The van der Waals surface area contributed by atoms with E-state index in [1.165, 1.54) is 6.42 Å². The van der Waals surface area contributed by atoms with Crippen LogP contribution in [0.25, 0.3) is 0 Å². The van der Waals surface area contributed by atoms with Gasteiger partial charge in [-0.1, -0.05) is 0 Å². The third-order valence-electron chi connectivity index (χ3n) is 3.40. The van der Waals surface area contributed by atoms with Gasteiger partial charge in [0.1, 0.15) is 0 Å². The highest BCUT2D eigenvalue weighted by Gasteiger charge is 2.21. The average Bonchev–Trinajstić information content (AvgIpc) is 2.43. The van der Waals surface area contributed by atoms with Gasteiger partial charge in [0.2, 0.25) is 5.96 Å². The molecule has 0 spiro atoms. The second-order valence-electron chi connectivity index (χ2n) is 4.87. The van der Waals surface area contributed by atoms with E-state index in [1.807, 2.05) is 6.92 Å². The van der Waals surface area contributed by atoms with Gasteiger partial charge in [-0.05, 0) is 38.5 Å². The van der Waals surface area contributed by atoms with E-state index in [0.717, 1.165) is 58.1 Å². The lowest BCUT2D eigenvalue weighted by molar-refractivity contribution is 0.146. The van der Waals surface area contributed by atoms with Crippen molar-refractivity contribution in [2.45, 2.75) is 32.6 Å². The predicted octanol–water partition coefficient (Wildman–Crippen LogP) is 0.327. The quantitative estimate of drug-likeness (QED) is 0.204. The van der Waals surface area contributed by atoms with Crippen molar-refractivity contribution in [3.63, 3.8) is 0 Å². The molecule has 1 rings (SSSR count). The van der Waals surface area contributed by atoms with E-state index in [9.17, 15) is 0 Å². The standard InChI is InChI=1S/C13H28N4O2/c1-2-19-10-4-7-15-13(16-14)17-8-3-5-12(11-17)6-9-18/h12,18H,2-11,14H2,1H3,(H,15,16). The van der Waals surface area contributed by atoms with Gasteiger partial charge < -0.3 is 14.7 Å². The highest BCUT2D eigenvalue weighted by molar-refractivity contribution is 5.79. The number of aliphatic hydroxyl groups excluding tert-OH is 1. The number of hydrogen-bond donors (Lipinski definition) is 3. The first-order valence-electron chi connectivity index (χ1n) is 7.26. The second-order valence-corrected chi connectivity index (χ2v) is 4.87. The monoisotopic (exact) mass is 272 g/mol. The molecule has 0 saturated carbocycles. The predicted molar refractivity (Wildman–Crippen MR) is 76.7 cm³/mol. The third-order valence-corrected chi connectivity index (χ3v) is 3.40. The summed E-state index contributed by atoms with van der Waals surface area (Å²) in [6.07, 6.45) is 4.08. The Balaban J connectivity index is 2.37. The van der Waals surface area contributed by atoms with E-state index in [-0.39, 0.29) is 6.61 Å². The molecule has 1 aliphatic heterocycles. The van der Waals surface area contributed by atoms with Crippen LogP contribution in [0.1, 0.15) is 32.6 Å². The number of likely N-dealkylation sites (tertiary alicyclic amines) is 1. The summed E-state index contributed by atoms with van der Waals surface area (Å²) in [5.74, 6) is 6.87. The van der Waals surface area contributed by atoms with Crippen LogP contribution < -0.4 is 11.3 Å². The second kappa shape index (κ2) is 10.00. The maximum absolute atomic E-state index is 9.02. The molecule has 0 aromatic carbocycles. The van der Waals surface area contributed by atoms with Crippen LogP contribution in [0.15, 0.2) is 4.99 Å². The maximum Gasteiger partial charge on any atom is 0.208 e. The minimum Gasteiger partial charge on any atom is -0.396 e. The smallest absolute Gasteiger partial charge is 0.208 e. The third kappa shape index (κ3) is 6.22. The van der Waals surface area contributed by atoms with Crippen molar-refractivity contribution >= 4 is 5.96 Å². The Kier molecular flexibility index (Phi) is 8.53. The van der Waals surface area contributed by atoms with Crippen LogP contribution in [0.2, 0.25) is 0 Å². The number of ether oxygens (including phenoxy) is 1. The minimum atomic E-state index is 0.259. The topological polar surface area (TPSA) is 83.1 Å². The summed E-state index contributed by atoms with van der Waals surface area (Å²) in [4.78, 5) is 6.68. The van der Waals surface area contributed by atoms with Crippen molar-refractivity contribution in [2.75, 3.05) is 39.5 Å². The Hall–Kier alpha value is -0.850. The molecule has 0 aliphatic carbocycles. The fourth-order valence-electron chi connectivity index (χ4n) is 2.41. The highest BCUT2D eigenvalue weighted by atomic mass is 16.5. The Morgan fingerprint density at radius 1 is 1.58 bits per heavy atom. The fraction of sp³-hybridized carbons (Fsp3) is 0.923. The first kappa shape index (κ1) is 16.2. The van der Waals surface area contributed by atoms with Crippen LogP contribution in [-0.2, 0) is 4.74 Å². The molecule has 0 aromatic rings. The van der Waals surface area contributed by atoms with E-state index < -0.39 is 0 Å². The number of rotatable bonds is 7. The van der Waals surface area contributed by atoms with Gasteiger partial charge in [0.15, 0.2) is 0 Å². The number of nitrogens with zero attached hydrogens (tertiary/aromatic N) is 2. The molecule has 1 heterocycles. The van der Waals surface area contributed by atoms with Gasteiger partial charge in [-0.15, -0.1) is 0 Å².